The summed E-state index contributed by atoms with van der Waals surface area (Å²) in [6.07, 6.45) is 0. The Hall–Kier alpha value is -2.23. The average Bonchev–Trinajstić information content (AvgIpc) is 2.40. The van der Waals surface area contributed by atoms with Crippen molar-refractivity contribution in [1.29, 1.82) is 0 Å². The summed E-state index contributed by atoms with van der Waals surface area (Å²) in [6, 6.07) is 3.69. The van der Waals surface area contributed by atoms with Crippen LogP contribution in [0.25, 0.3) is 0 Å². The Morgan fingerprint density at radius 3 is 1.95 bits per heavy atom. The summed E-state index contributed by atoms with van der Waals surface area (Å²) < 4.78 is 27.2. The standard InChI is InChI=1S/C17H17F2NO/c1-8-5-9(2)11(4)16(10(8)3)17(21)12-6-15(20)14(19)7-13(12)18/h5-7H,20H2,1-4H3. The lowest BCUT2D eigenvalue weighted by Crippen LogP contribution is -2.12. The summed E-state index contributed by atoms with van der Waals surface area (Å²) in [7, 11) is 0. The van der Waals surface area contributed by atoms with Gasteiger partial charge < -0.3 is 5.73 Å². The number of aryl methyl sites for hydroxylation is 2. The van der Waals surface area contributed by atoms with E-state index in [1.54, 1.807) is 0 Å². The van der Waals surface area contributed by atoms with Crippen molar-refractivity contribution >= 4 is 11.5 Å². The van der Waals surface area contributed by atoms with Gasteiger partial charge in [-0.2, -0.15) is 0 Å². The summed E-state index contributed by atoms with van der Waals surface area (Å²) in [5.41, 5.74) is 8.97. The number of anilines is 1. The van der Waals surface area contributed by atoms with E-state index in [1.165, 1.54) is 0 Å². The lowest BCUT2D eigenvalue weighted by molar-refractivity contribution is 0.103. The van der Waals surface area contributed by atoms with E-state index in [0.717, 1.165) is 28.3 Å². The minimum absolute atomic E-state index is 0.204. The minimum Gasteiger partial charge on any atom is -0.396 e. The first-order valence-corrected chi connectivity index (χ1v) is 6.60. The normalized spacial score (nSPS) is 10.8. The van der Waals surface area contributed by atoms with Crippen LogP contribution in [0.3, 0.4) is 0 Å². The van der Waals surface area contributed by atoms with Crippen LogP contribution in [0.2, 0.25) is 0 Å². The summed E-state index contributed by atoms with van der Waals surface area (Å²) >= 11 is 0. The fourth-order valence-corrected chi connectivity index (χ4v) is 2.43. The highest BCUT2D eigenvalue weighted by molar-refractivity contribution is 6.11. The van der Waals surface area contributed by atoms with Crippen LogP contribution in [0.1, 0.15) is 38.2 Å². The maximum absolute atomic E-state index is 13.9. The number of carbonyl (C=O) groups excluding carboxylic acids is 1. The van der Waals surface area contributed by atoms with Gasteiger partial charge in [-0.3, -0.25) is 4.79 Å². The first kappa shape index (κ1) is 15.2. The Morgan fingerprint density at radius 2 is 1.43 bits per heavy atom. The number of ketones is 1. The van der Waals surface area contributed by atoms with Gasteiger partial charge in [0.2, 0.25) is 0 Å². The number of rotatable bonds is 2. The zero-order valence-corrected chi connectivity index (χ0v) is 12.5. The van der Waals surface area contributed by atoms with Gasteiger partial charge in [0.05, 0.1) is 11.3 Å². The molecule has 0 saturated heterocycles. The van der Waals surface area contributed by atoms with Crippen LogP contribution in [0.4, 0.5) is 14.5 Å². The second kappa shape index (κ2) is 5.28. The Labute approximate surface area is 122 Å². The largest absolute Gasteiger partial charge is 0.396 e. The van der Waals surface area contributed by atoms with Crippen LogP contribution in [0.15, 0.2) is 18.2 Å². The first-order chi connectivity index (χ1) is 9.73. The molecule has 0 amide bonds. The van der Waals surface area contributed by atoms with E-state index in [9.17, 15) is 13.6 Å². The molecular weight excluding hydrogens is 272 g/mol. The third kappa shape index (κ3) is 2.53. The molecule has 0 bridgehead atoms. The summed E-state index contributed by atoms with van der Waals surface area (Å²) in [5.74, 6) is -2.23. The molecule has 110 valence electrons. The van der Waals surface area contributed by atoms with Gasteiger partial charge >= 0.3 is 0 Å². The quantitative estimate of drug-likeness (QED) is 0.670. The molecule has 0 saturated carbocycles. The van der Waals surface area contributed by atoms with E-state index in [1.807, 2.05) is 33.8 Å². The van der Waals surface area contributed by atoms with Crippen molar-refractivity contribution in [1.82, 2.24) is 0 Å². The second-order valence-corrected chi connectivity index (χ2v) is 5.32. The lowest BCUT2D eigenvalue weighted by atomic mass is 9.89. The van der Waals surface area contributed by atoms with Gasteiger partial charge in [0, 0.05) is 11.6 Å². The molecule has 0 atom stereocenters. The van der Waals surface area contributed by atoms with E-state index in [-0.39, 0.29) is 11.3 Å². The fourth-order valence-electron chi connectivity index (χ4n) is 2.43. The van der Waals surface area contributed by atoms with Crippen LogP contribution >= 0.6 is 0 Å². The fraction of sp³-hybridized carbons (Fsp3) is 0.235. The van der Waals surface area contributed by atoms with E-state index in [4.69, 9.17) is 5.73 Å². The Balaban J connectivity index is 2.69. The molecule has 4 heteroatoms. The molecule has 0 radical (unpaired) electrons. The van der Waals surface area contributed by atoms with Crippen molar-refractivity contribution in [3.8, 4) is 0 Å². The maximum atomic E-state index is 13.9. The molecule has 0 aliphatic carbocycles. The number of carbonyl (C=O) groups is 1. The molecule has 2 rings (SSSR count). The Bertz CT molecular complexity index is 725. The van der Waals surface area contributed by atoms with E-state index in [2.05, 4.69) is 0 Å². The van der Waals surface area contributed by atoms with Gasteiger partial charge in [0.15, 0.2) is 5.78 Å². The van der Waals surface area contributed by atoms with Crippen LogP contribution < -0.4 is 5.73 Å². The molecule has 2 aromatic rings. The van der Waals surface area contributed by atoms with Gasteiger partial charge in [-0.1, -0.05) is 6.07 Å². The molecule has 2 N–H and O–H groups in total. The van der Waals surface area contributed by atoms with E-state index >= 15 is 0 Å². The van der Waals surface area contributed by atoms with Crippen molar-refractivity contribution in [3.05, 3.63) is 63.2 Å². The average molecular weight is 289 g/mol. The molecule has 0 heterocycles. The molecule has 2 aromatic carbocycles. The molecule has 21 heavy (non-hydrogen) atoms. The first-order valence-electron chi connectivity index (χ1n) is 6.60. The molecule has 2 nitrogen and oxygen atoms in total. The second-order valence-electron chi connectivity index (χ2n) is 5.32. The summed E-state index contributed by atoms with van der Waals surface area (Å²) in [5, 5.41) is 0. The smallest absolute Gasteiger partial charge is 0.196 e. The van der Waals surface area contributed by atoms with Crippen molar-refractivity contribution < 1.29 is 13.6 Å². The van der Waals surface area contributed by atoms with Crippen molar-refractivity contribution in [2.45, 2.75) is 27.7 Å². The molecule has 0 spiro atoms. The van der Waals surface area contributed by atoms with Gasteiger partial charge in [0.1, 0.15) is 11.6 Å². The van der Waals surface area contributed by atoms with Crippen LogP contribution in [-0.2, 0) is 0 Å². The van der Waals surface area contributed by atoms with Crippen molar-refractivity contribution in [2.24, 2.45) is 0 Å². The highest BCUT2D eigenvalue weighted by atomic mass is 19.1. The van der Waals surface area contributed by atoms with E-state index in [0.29, 0.717) is 11.6 Å². The Morgan fingerprint density at radius 1 is 0.905 bits per heavy atom. The molecule has 0 aliphatic rings. The minimum atomic E-state index is -0.898. The maximum Gasteiger partial charge on any atom is 0.196 e. The van der Waals surface area contributed by atoms with Gasteiger partial charge in [-0.05, 0) is 56.0 Å². The lowest BCUT2D eigenvalue weighted by Gasteiger charge is -2.15. The Kier molecular flexibility index (Phi) is 3.81. The van der Waals surface area contributed by atoms with Crippen LogP contribution in [0.5, 0.6) is 0 Å². The monoisotopic (exact) mass is 289 g/mol. The predicted molar refractivity (Wildman–Crippen MR) is 79.6 cm³/mol. The third-order valence-electron chi connectivity index (χ3n) is 3.92. The number of nitrogens with two attached hydrogens (primary N) is 1. The third-order valence-corrected chi connectivity index (χ3v) is 3.92. The molecule has 0 unspecified atom stereocenters. The van der Waals surface area contributed by atoms with Crippen molar-refractivity contribution in [2.75, 3.05) is 5.73 Å². The molecule has 0 fully saturated rings. The molecule has 0 aliphatic heterocycles. The molecular formula is C17H17F2NO. The number of hydrogen-bond donors (Lipinski definition) is 1. The van der Waals surface area contributed by atoms with Crippen LogP contribution in [0, 0.1) is 39.3 Å². The van der Waals surface area contributed by atoms with Crippen molar-refractivity contribution in [3.63, 3.8) is 0 Å². The highest BCUT2D eigenvalue weighted by Gasteiger charge is 2.21. The number of halogens is 2. The van der Waals surface area contributed by atoms with Gasteiger partial charge in [0.25, 0.3) is 0 Å². The van der Waals surface area contributed by atoms with Gasteiger partial charge in [-0.15, -0.1) is 0 Å². The van der Waals surface area contributed by atoms with Crippen LogP contribution in [-0.4, -0.2) is 5.78 Å². The topological polar surface area (TPSA) is 43.1 Å². The van der Waals surface area contributed by atoms with Gasteiger partial charge in [-0.25, -0.2) is 8.78 Å². The molecule has 0 aromatic heterocycles. The summed E-state index contributed by atoms with van der Waals surface area (Å²) in [4.78, 5) is 12.7. The predicted octanol–water partition coefficient (Wildman–Crippen LogP) is 4.01. The number of benzene rings is 2. The SMILES string of the molecule is Cc1cc(C)c(C)c(C(=O)c2cc(N)c(F)cc2F)c1C. The number of hydrogen-bond acceptors (Lipinski definition) is 2. The van der Waals surface area contributed by atoms with E-state index < -0.39 is 17.4 Å². The highest BCUT2D eigenvalue weighted by Crippen LogP contribution is 2.26. The number of nitrogen functional groups attached to an aromatic ring is 1. The zero-order chi connectivity index (χ0) is 15.9. The summed E-state index contributed by atoms with van der Waals surface area (Å²) in [6.45, 7) is 7.43. The zero-order valence-electron chi connectivity index (χ0n) is 12.5.